The van der Waals surface area contributed by atoms with E-state index in [1.807, 2.05) is 76.2 Å². The number of rotatable bonds is 5. The Morgan fingerprint density at radius 1 is 0.818 bits per heavy atom. The van der Waals surface area contributed by atoms with Gasteiger partial charge in [-0.25, -0.2) is 0 Å². The van der Waals surface area contributed by atoms with Gasteiger partial charge in [0, 0.05) is 11.6 Å². The maximum Gasteiger partial charge on any atom is 0.309 e. The second-order valence-corrected chi connectivity index (χ2v) is 13.8. The molecular weight excluding hydrogens is 538 g/mol. The summed E-state index contributed by atoms with van der Waals surface area (Å²) in [5.41, 5.74) is 0.299. The fraction of sp³-hybridized carbons (Fsp3) is 0.902. The molecule has 2 N–H and O–H groups in total. The van der Waals surface area contributed by atoms with Gasteiger partial charge in [-0.3, -0.25) is 4.79 Å². The van der Waals surface area contributed by atoms with Gasteiger partial charge in [0.25, 0.3) is 0 Å². The number of fused-ring (bicyclic) bond motifs is 5. The summed E-state index contributed by atoms with van der Waals surface area (Å²) in [6.07, 6.45) is 16.0. The predicted molar refractivity (Wildman–Crippen MR) is 200 cm³/mol. The molecule has 3 nitrogen and oxygen atoms in total. The van der Waals surface area contributed by atoms with Crippen molar-refractivity contribution < 1.29 is 9.90 Å². The first kappa shape index (κ1) is 47.3. The maximum absolute atomic E-state index is 12.5. The molecule has 4 saturated carbocycles. The maximum atomic E-state index is 12.5. The molecule has 0 aromatic rings. The summed E-state index contributed by atoms with van der Waals surface area (Å²) in [5, 5.41) is 18.4. The van der Waals surface area contributed by atoms with Gasteiger partial charge in [0.05, 0.1) is 5.41 Å². The molecule has 4 unspecified atom stereocenters. The van der Waals surface area contributed by atoms with Gasteiger partial charge >= 0.3 is 5.97 Å². The van der Waals surface area contributed by atoms with Crippen molar-refractivity contribution in [2.75, 3.05) is 0 Å². The number of nitrogens with one attached hydrogen (secondary N) is 1. The molecule has 0 radical (unpaired) electrons. The zero-order chi connectivity index (χ0) is 35.6. The Morgan fingerprint density at radius 2 is 1.32 bits per heavy atom. The van der Waals surface area contributed by atoms with Gasteiger partial charge in [0.15, 0.2) is 0 Å². The van der Waals surface area contributed by atoms with Gasteiger partial charge < -0.3 is 10.5 Å². The lowest BCUT2D eigenvalue weighted by atomic mass is 9.33. The van der Waals surface area contributed by atoms with Gasteiger partial charge in [-0.15, -0.1) is 6.58 Å². The molecule has 4 aliphatic rings. The fourth-order valence-corrected chi connectivity index (χ4v) is 10.5. The summed E-state index contributed by atoms with van der Waals surface area (Å²) in [6, 6.07) is 0. The molecule has 0 saturated heterocycles. The second kappa shape index (κ2) is 21.6. The highest BCUT2D eigenvalue weighted by Gasteiger charge is 2.69. The van der Waals surface area contributed by atoms with Crippen LogP contribution >= 0.6 is 0 Å². The van der Waals surface area contributed by atoms with Crippen molar-refractivity contribution in [1.82, 2.24) is 0 Å². The molecule has 0 spiro atoms. The second-order valence-electron chi connectivity index (χ2n) is 13.8. The van der Waals surface area contributed by atoms with Crippen LogP contribution in [0.15, 0.2) is 12.7 Å². The molecule has 4 rings (SSSR count). The average molecular weight is 622 g/mol. The van der Waals surface area contributed by atoms with E-state index in [4.69, 9.17) is 5.41 Å². The van der Waals surface area contributed by atoms with Crippen molar-refractivity contribution in [3.8, 4) is 0 Å². The van der Waals surface area contributed by atoms with E-state index in [1.165, 1.54) is 38.5 Å². The van der Waals surface area contributed by atoms with E-state index < -0.39 is 11.4 Å². The summed E-state index contributed by atoms with van der Waals surface area (Å²) in [4.78, 5) is 12.5. The van der Waals surface area contributed by atoms with E-state index in [0.29, 0.717) is 23.7 Å². The topological polar surface area (TPSA) is 61.1 Å². The lowest BCUT2D eigenvalue weighted by Gasteiger charge is -2.71. The van der Waals surface area contributed by atoms with E-state index in [9.17, 15) is 9.90 Å². The van der Waals surface area contributed by atoms with Gasteiger partial charge in [0.2, 0.25) is 0 Å². The van der Waals surface area contributed by atoms with Crippen molar-refractivity contribution in [1.29, 1.82) is 5.41 Å². The van der Waals surface area contributed by atoms with Crippen LogP contribution in [0.5, 0.6) is 0 Å². The predicted octanol–water partition coefficient (Wildman–Crippen LogP) is 13.9. The van der Waals surface area contributed by atoms with E-state index in [-0.39, 0.29) is 21.7 Å². The lowest BCUT2D eigenvalue weighted by Crippen LogP contribution is -2.65. The summed E-state index contributed by atoms with van der Waals surface area (Å²) in [5.74, 6) is 1.69. The SMILES string of the molecule is C=CC.CC.CC.CC.CC.CC.CCCC1(C)[C@H]2CCC3[C@H]4CCCC4(C(=O)O)CC[C@@]3(C)C2(C)CC[C@H]1C(C)(C)C=N. The summed E-state index contributed by atoms with van der Waals surface area (Å²) < 4.78 is 0. The molecule has 0 bridgehead atoms. The van der Waals surface area contributed by atoms with Gasteiger partial charge in [-0.05, 0) is 105 Å². The van der Waals surface area contributed by atoms with E-state index in [1.54, 1.807) is 12.3 Å². The Balaban J connectivity index is -0.00000114. The van der Waals surface area contributed by atoms with Crippen molar-refractivity contribution in [3.05, 3.63) is 12.7 Å². The third-order valence-electron chi connectivity index (χ3n) is 12.1. The minimum absolute atomic E-state index is 0.0561. The van der Waals surface area contributed by atoms with Crippen LogP contribution in [0.25, 0.3) is 0 Å². The third-order valence-corrected chi connectivity index (χ3v) is 12.1. The molecule has 0 aromatic carbocycles. The van der Waals surface area contributed by atoms with E-state index in [2.05, 4.69) is 48.1 Å². The summed E-state index contributed by atoms with van der Waals surface area (Å²) in [6.45, 7) is 39.9. The number of hydrogen-bond acceptors (Lipinski definition) is 2. The first-order valence-electron chi connectivity index (χ1n) is 19.2. The van der Waals surface area contributed by atoms with E-state index >= 15 is 0 Å². The fourth-order valence-electron chi connectivity index (χ4n) is 10.5. The van der Waals surface area contributed by atoms with Crippen LogP contribution in [-0.2, 0) is 4.79 Å². The van der Waals surface area contributed by atoms with Crippen molar-refractivity contribution in [2.45, 2.75) is 188 Å². The minimum atomic E-state index is -0.503. The number of aliphatic carboxylic acids is 1. The minimum Gasteiger partial charge on any atom is -0.481 e. The zero-order valence-corrected chi connectivity index (χ0v) is 33.3. The molecule has 0 amide bonds. The lowest BCUT2D eigenvalue weighted by molar-refractivity contribution is -0.225. The Kier molecular flexibility index (Phi) is 23.2. The van der Waals surface area contributed by atoms with Crippen LogP contribution in [0.3, 0.4) is 0 Å². The van der Waals surface area contributed by atoms with Crippen LogP contribution < -0.4 is 0 Å². The molecular formula is C41H83NO2. The first-order chi connectivity index (χ1) is 20.8. The smallest absolute Gasteiger partial charge is 0.309 e. The molecule has 0 aromatic heterocycles. The van der Waals surface area contributed by atoms with Crippen LogP contribution in [0.4, 0.5) is 0 Å². The van der Waals surface area contributed by atoms with Crippen molar-refractivity contribution in [2.24, 2.45) is 50.7 Å². The van der Waals surface area contributed by atoms with Gasteiger partial charge in [0.1, 0.15) is 0 Å². The third kappa shape index (κ3) is 8.82. The van der Waals surface area contributed by atoms with E-state index in [0.717, 1.165) is 32.1 Å². The molecule has 0 aliphatic heterocycles. The van der Waals surface area contributed by atoms with Gasteiger partial charge in [-0.1, -0.05) is 130 Å². The van der Waals surface area contributed by atoms with Crippen molar-refractivity contribution in [3.63, 3.8) is 0 Å². The largest absolute Gasteiger partial charge is 0.481 e. The average Bonchev–Trinajstić information content (AvgIpc) is 3.49. The molecule has 3 heteroatoms. The number of carbonyl (C=O) groups is 1. The molecule has 44 heavy (non-hydrogen) atoms. The molecule has 4 aliphatic carbocycles. The van der Waals surface area contributed by atoms with Crippen molar-refractivity contribution >= 4 is 12.2 Å². The molecule has 4 fully saturated rings. The van der Waals surface area contributed by atoms with Gasteiger partial charge in [-0.2, -0.15) is 0 Å². The number of hydrogen-bond donors (Lipinski definition) is 2. The Bertz CT molecular complexity index is 789. The highest BCUT2D eigenvalue weighted by atomic mass is 16.4. The number of carboxylic acid groups (broad SMARTS) is 1. The Morgan fingerprint density at radius 3 is 1.75 bits per heavy atom. The standard InChI is InChI=1S/C28H47NO2.C3H6.5C2H6/c1-7-13-25(4)21(24(2,3)18-29)12-15-27(6)22(25)11-10-19-20-9-8-14-28(20,23(30)31)17-16-26(19,27)5;1-3-2;5*1-2/h18-22,29H,7-17H2,1-6H3,(H,30,31);3H,1H2,2H3;5*1-2H3/t19?,20-,21+,22-,25?,26-,27?,28?;;;;;;/m1....../s1. The Hall–Kier alpha value is -1.12. The molecule has 264 valence electrons. The van der Waals surface area contributed by atoms with Crippen LogP contribution in [-0.4, -0.2) is 17.3 Å². The zero-order valence-electron chi connectivity index (χ0n) is 33.3. The monoisotopic (exact) mass is 622 g/mol. The number of carboxylic acids is 1. The molecule has 0 heterocycles. The quantitative estimate of drug-likeness (QED) is 0.237. The highest BCUT2D eigenvalue weighted by Crippen LogP contribution is 2.75. The first-order valence-corrected chi connectivity index (χ1v) is 19.2. The summed E-state index contributed by atoms with van der Waals surface area (Å²) in [7, 11) is 0. The van der Waals surface area contributed by atoms with Crippen LogP contribution in [0.2, 0.25) is 0 Å². The van der Waals surface area contributed by atoms with Crippen LogP contribution in [0.1, 0.15) is 188 Å². The molecule has 8 atom stereocenters. The highest BCUT2D eigenvalue weighted by molar-refractivity contribution is 5.76. The van der Waals surface area contributed by atoms with Crippen LogP contribution in [0, 0.1) is 56.2 Å². The Labute approximate surface area is 278 Å². The number of allylic oxidation sites excluding steroid dienone is 1. The summed E-state index contributed by atoms with van der Waals surface area (Å²) >= 11 is 0. The normalized spacial score (nSPS) is 35.9.